The summed E-state index contributed by atoms with van der Waals surface area (Å²) >= 11 is 0. The SMILES string of the molecule is CCOc1cc([C@@H]2C(C(=O)OC)=C(C)N=C3C[C@H](c4ccccc4)CC(=O)C32)ccc1OC(C)=O. The van der Waals surface area contributed by atoms with Crippen LogP contribution in [0.15, 0.2) is 64.8 Å². The number of Topliss-reactive ketones (excluding diaryl/α,β-unsaturated/α-hetero) is 1. The summed E-state index contributed by atoms with van der Waals surface area (Å²) in [5.74, 6) is -1.42. The zero-order chi connectivity index (χ0) is 25.1. The van der Waals surface area contributed by atoms with E-state index in [1.807, 2.05) is 37.3 Å². The van der Waals surface area contributed by atoms with E-state index in [-0.39, 0.29) is 17.5 Å². The van der Waals surface area contributed by atoms with Crippen LogP contribution in [0.25, 0.3) is 0 Å². The number of hydrogen-bond donors (Lipinski definition) is 0. The van der Waals surface area contributed by atoms with Gasteiger partial charge in [-0.1, -0.05) is 36.4 Å². The Labute approximate surface area is 204 Å². The van der Waals surface area contributed by atoms with Crippen molar-refractivity contribution in [3.8, 4) is 11.5 Å². The quantitative estimate of drug-likeness (QED) is 0.442. The number of methoxy groups -OCH3 is 1. The van der Waals surface area contributed by atoms with Gasteiger partial charge >= 0.3 is 11.9 Å². The molecule has 0 saturated heterocycles. The minimum Gasteiger partial charge on any atom is -0.490 e. The Balaban J connectivity index is 1.80. The lowest BCUT2D eigenvalue weighted by Gasteiger charge is -2.38. The third-order valence-electron chi connectivity index (χ3n) is 6.51. The van der Waals surface area contributed by atoms with Gasteiger partial charge in [-0.25, -0.2) is 4.79 Å². The van der Waals surface area contributed by atoms with Crippen LogP contribution >= 0.6 is 0 Å². The smallest absolute Gasteiger partial charge is 0.336 e. The molecule has 7 heteroatoms. The number of rotatable bonds is 6. The minimum atomic E-state index is -0.582. The molecule has 0 bridgehead atoms. The van der Waals surface area contributed by atoms with Gasteiger partial charge in [0.1, 0.15) is 5.78 Å². The van der Waals surface area contributed by atoms with Crippen molar-refractivity contribution in [1.29, 1.82) is 0 Å². The Morgan fingerprint density at radius 2 is 1.74 bits per heavy atom. The van der Waals surface area contributed by atoms with Gasteiger partial charge in [-0.05, 0) is 49.4 Å². The fourth-order valence-electron chi connectivity index (χ4n) is 5.10. The van der Waals surface area contributed by atoms with Crippen molar-refractivity contribution < 1.29 is 28.6 Å². The number of ether oxygens (including phenoxy) is 3. The largest absolute Gasteiger partial charge is 0.490 e. The summed E-state index contributed by atoms with van der Waals surface area (Å²) in [6, 6.07) is 15.1. The first-order chi connectivity index (χ1) is 16.8. The molecule has 7 nitrogen and oxygen atoms in total. The lowest BCUT2D eigenvalue weighted by molar-refractivity contribution is -0.136. The van der Waals surface area contributed by atoms with Crippen LogP contribution in [0.1, 0.15) is 56.6 Å². The van der Waals surface area contributed by atoms with E-state index in [1.165, 1.54) is 14.0 Å². The van der Waals surface area contributed by atoms with Gasteiger partial charge in [0.25, 0.3) is 0 Å². The number of nitrogens with zero attached hydrogens (tertiary/aromatic N) is 1. The van der Waals surface area contributed by atoms with E-state index in [1.54, 1.807) is 25.1 Å². The van der Waals surface area contributed by atoms with Gasteiger partial charge < -0.3 is 14.2 Å². The summed E-state index contributed by atoms with van der Waals surface area (Å²) in [4.78, 5) is 42.8. The molecule has 1 heterocycles. The maximum absolute atomic E-state index is 13.6. The minimum absolute atomic E-state index is 0.0322. The average Bonchev–Trinajstić information content (AvgIpc) is 2.84. The fourth-order valence-corrected chi connectivity index (χ4v) is 5.10. The Bertz CT molecular complexity index is 1210. The van der Waals surface area contributed by atoms with Crippen LogP contribution in [0.4, 0.5) is 0 Å². The molecule has 0 aromatic heterocycles. The molecule has 1 aliphatic carbocycles. The molecule has 2 aliphatic rings. The molecule has 0 amide bonds. The maximum Gasteiger partial charge on any atom is 0.336 e. The second-order valence-electron chi connectivity index (χ2n) is 8.76. The van der Waals surface area contributed by atoms with E-state index < -0.39 is 23.8 Å². The van der Waals surface area contributed by atoms with Crippen LogP contribution in [0.2, 0.25) is 0 Å². The van der Waals surface area contributed by atoms with Crippen LogP contribution in [-0.2, 0) is 19.1 Å². The molecule has 182 valence electrons. The van der Waals surface area contributed by atoms with Gasteiger partial charge in [0.05, 0.1) is 25.2 Å². The summed E-state index contributed by atoms with van der Waals surface area (Å²) in [5.41, 5.74) is 3.47. The molecule has 1 fully saturated rings. The molecular formula is C28H29NO6. The highest BCUT2D eigenvalue weighted by Crippen LogP contribution is 2.47. The summed E-state index contributed by atoms with van der Waals surface area (Å²) < 4.78 is 16.1. The summed E-state index contributed by atoms with van der Waals surface area (Å²) in [6.45, 7) is 5.28. The van der Waals surface area contributed by atoms with E-state index >= 15 is 0 Å². The van der Waals surface area contributed by atoms with E-state index in [2.05, 4.69) is 0 Å². The molecule has 1 aliphatic heterocycles. The number of esters is 2. The number of aliphatic imine (C=N–C) groups is 1. The molecule has 0 radical (unpaired) electrons. The van der Waals surface area contributed by atoms with Crippen molar-refractivity contribution in [3.63, 3.8) is 0 Å². The number of allylic oxidation sites excluding steroid dienone is 1. The van der Waals surface area contributed by atoms with Gasteiger partial charge in [-0.2, -0.15) is 0 Å². The highest BCUT2D eigenvalue weighted by molar-refractivity contribution is 6.12. The lowest BCUT2D eigenvalue weighted by atomic mass is 9.66. The highest BCUT2D eigenvalue weighted by Gasteiger charge is 2.46. The third-order valence-corrected chi connectivity index (χ3v) is 6.51. The van der Waals surface area contributed by atoms with Crippen LogP contribution < -0.4 is 9.47 Å². The van der Waals surface area contributed by atoms with Gasteiger partial charge in [-0.3, -0.25) is 14.6 Å². The molecule has 3 atom stereocenters. The van der Waals surface area contributed by atoms with Crippen molar-refractivity contribution in [2.24, 2.45) is 10.9 Å². The summed E-state index contributed by atoms with van der Waals surface area (Å²) in [7, 11) is 1.32. The Morgan fingerprint density at radius 1 is 1.00 bits per heavy atom. The first-order valence-electron chi connectivity index (χ1n) is 11.7. The van der Waals surface area contributed by atoms with E-state index in [4.69, 9.17) is 19.2 Å². The molecule has 35 heavy (non-hydrogen) atoms. The Kier molecular flexibility index (Phi) is 7.15. The van der Waals surface area contributed by atoms with Crippen LogP contribution in [0.3, 0.4) is 0 Å². The Hall–Kier alpha value is -3.74. The lowest BCUT2D eigenvalue weighted by Crippen LogP contribution is -2.41. The van der Waals surface area contributed by atoms with Gasteiger partial charge in [-0.15, -0.1) is 0 Å². The number of carbonyl (C=O) groups excluding carboxylic acids is 3. The van der Waals surface area contributed by atoms with Crippen molar-refractivity contribution in [1.82, 2.24) is 0 Å². The topological polar surface area (TPSA) is 91.3 Å². The summed E-state index contributed by atoms with van der Waals surface area (Å²) in [6.07, 6.45) is 0.994. The molecule has 4 rings (SSSR count). The first-order valence-corrected chi connectivity index (χ1v) is 11.7. The monoisotopic (exact) mass is 475 g/mol. The van der Waals surface area contributed by atoms with Gasteiger partial charge in [0, 0.05) is 30.7 Å². The average molecular weight is 476 g/mol. The molecule has 1 unspecified atom stereocenters. The fraction of sp³-hybridized carbons (Fsp3) is 0.357. The first kappa shape index (κ1) is 24.4. The normalized spacial score (nSPS) is 21.7. The summed E-state index contributed by atoms with van der Waals surface area (Å²) in [5, 5.41) is 0. The number of carbonyl (C=O) groups is 3. The second kappa shape index (κ2) is 10.3. The second-order valence-corrected chi connectivity index (χ2v) is 8.76. The van der Waals surface area contributed by atoms with E-state index in [0.29, 0.717) is 42.0 Å². The number of benzene rings is 2. The molecular weight excluding hydrogens is 446 g/mol. The molecule has 0 N–H and O–H groups in total. The third kappa shape index (κ3) is 4.90. The van der Waals surface area contributed by atoms with Gasteiger partial charge in [0.2, 0.25) is 0 Å². The van der Waals surface area contributed by atoms with Crippen LogP contribution in [-0.4, -0.2) is 37.2 Å². The van der Waals surface area contributed by atoms with Crippen molar-refractivity contribution in [2.75, 3.05) is 13.7 Å². The van der Waals surface area contributed by atoms with Crippen molar-refractivity contribution >= 4 is 23.4 Å². The van der Waals surface area contributed by atoms with Crippen molar-refractivity contribution in [2.45, 2.75) is 45.4 Å². The van der Waals surface area contributed by atoms with Gasteiger partial charge in [0.15, 0.2) is 11.5 Å². The molecule has 0 spiro atoms. The van der Waals surface area contributed by atoms with Crippen LogP contribution in [0, 0.1) is 5.92 Å². The predicted octanol–water partition coefficient (Wildman–Crippen LogP) is 4.76. The predicted molar refractivity (Wildman–Crippen MR) is 131 cm³/mol. The molecule has 1 saturated carbocycles. The number of ketones is 1. The van der Waals surface area contributed by atoms with E-state index in [9.17, 15) is 14.4 Å². The highest BCUT2D eigenvalue weighted by atomic mass is 16.6. The molecule has 2 aromatic rings. The standard InChI is InChI=1S/C28H29NO6/c1-5-34-24-15-19(11-12-23(24)35-17(3)30)26-25(28(32)33-4)16(2)29-21-13-20(14-22(31)27(21)26)18-9-7-6-8-10-18/h6-12,15,20,26-27H,5,13-14H2,1-4H3/t20-,26+,27?/m0/s1. The number of fused-ring (bicyclic) bond motifs is 1. The molecule has 2 aromatic carbocycles. The van der Waals surface area contributed by atoms with Crippen LogP contribution in [0.5, 0.6) is 11.5 Å². The zero-order valence-electron chi connectivity index (χ0n) is 20.4. The maximum atomic E-state index is 13.6. The number of hydrogen-bond acceptors (Lipinski definition) is 7. The zero-order valence-corrected chi connectivity index (χ0v) is 20.4. The van der Waals surface area contributed by atoms with E-state index in [0.717, 1.165) is 11.3 Å². The Morgan fingerprint density at radius 3 is 2.40 bits per heavy atom. The van der Waals surface area contributed by atoms with Crippen molar-refractivity contribution in [3.05, 3.63) is 70.9 Å².